The Kier molecular flexibility index (Phi) is 7.37. The number of amides is 2. The number of ether oxygens (including phenoxy) is 1. The number of benzene rings is 3. The number of halogens is 3. The molecule has 0 spiro atoms. The molecular weight excluding hydrogens is 433 g/mol. The third-order valence-corrected chi connectivity index (χ3v) is 4.76. The first-order valence-corrected chi connectivity index (χ1v) is 10.2. The summed E-state index contributed by atoms with van der Waals surface area (Å²) in [7, 11) is 0. The van der Waals surface area contributed by atoms with Gasteiger partial charge in [-0.1, -0.05) is 44.2 Å². The highest BCUT2D eigenvalue weighted by Gasteiger charge is 2.30. The van der Waals surface area contributed by atoms with Gasteiger partial charge in [0.15, 0.2) is 6.61 Å². The van der Waals surface area contributed by atoms with E-state index in [2.05, 4.69) is 10.6 Å². The van der Waals surface area contributed by atoms with E-state index in [0.717, 1.165) is 17.7 Å². The van der Waals surface area contributed by atoms with Crippen molar-refractivity contribution in [3.63, 3.8) is 0 Å². The molecule has 172 valence electrons. The van der Waals surface area contributed by atoms with Gasteiger partial charge in [0, 0.05) is 16.9 Å². The second kappa shape index (κ2) is 10.2. The van der Waals surface area contributed by atoms with Gasteiger partial charge in [0.05, 0.1) is 5.56 Å². The lowest BCUT2D eigenvalue weighted by atomic mass is 10.0. The minimum Gasteiger partial charge on any atom is -0.483 e. The van der Waals surface area contributed by atoms with Crippen molar-refractivity contribution in [3.05, 3.63) is 89.5 Å². The second-order valence-corrected chi connectivity index (χ2v) is 7.64. The minimum atomic E-state index is -4.51. The van der Waals surface area contributed by atoms with Crippen LogP contribution in [0.3, 0.4) is 0 Å². The Bertz CT molecular complexity index is 1140. The van der Waals surface area contributed by atoms with Crippen LogP contribution in [-0.4, -0.2) is 18.4 Å². The van der Waals surface area contributed by atoms with Gasteiger partial charge in [0.1, 0.15) is 5.75 Å². The van der Waals surface area contributed by atoms with Gasteiger partial charge in [-0.25, -0.2) is 0 Å². The van der Waals surface area contributed by atoms with Crippen LogP contribution >= 0.6 is 0 Å². The van der Waals surface area contributed by atoms with Gasteiger partial charge in [-0.05, 0) is 53.9 Å². The number of carbonyl (C=O) groups excluding carboxylic acids is 2. The Morgan fingerprint density at radius 1 is 0.879 bits per heavy atom. The van der Waals surface area contributed by atoms with Gasteiger partial charge in [0.2, 0.25) is 0 Å². The van der Waals surface area contributed by atoms with E-state index in [4.69, 9.17) is 4.74 Å². The largest absolute Gasteiger partial charge is 0.483 e. The van der Waals surface area contributed by atoms with Crippen molar-refractivity contribution in [2.75, 3.05) is 17.2 Å². The summed E-state index contributed by atoms with van der Waals surface area (Å²) in [4.78, 5) is 24.8. The van der Waals surface area contributed by atoms with E-state index in [1.807, 2.05) is 32.0 Å². The number of hydrogen-bond donors (Lipinski definition) is 2. The van der Waals surface area contributed by atoms with E-state index in [1.54, 1.807) is 18.2 Å². The summed E-state index contributed by atoms with van der Waals surface area (Å²) in [6, 6.07) is 17.9. The second-order valence-electron chi connectivity index (χ2n) is 7.64. The molecule has 2 amide bonds. The fourth-order valence-electron chi connectivity index (χ4n) is 3.14. The van der Waals surface area contributed by atoms with Crippen molar-refractivity contribution >= 4 is 23.2 Å². The first-order valence-electron chi connectivity index (χ1n) is 10.2. The molecule has 0 aliphatic rings. The van der Waals surface area contributed by atoms with Crippen molar-refractivity contribution < 1.29 is 27.5 Å². The van der Waals surface area contributed by atoms with Crippen molar-refractivity contribution in [1.29, 1.82) is 0 Å². The molecule has 33 heavy (non-hydrogen) atoms. The first-order chi connectivity index (χ1) is 15.6. The van der Waals surface area contributed by atoms with Crippen LogP contribution in [-0.2, 0) is 11.0 Å². The summed E-state index contributed by atoms with van der Waals surface area (Å²) in [5.74, 6) is -0.162. The fourth-order valence-corrected chi connectivity index (χ4v) is 3.14. The van der Waals surface area contributed by atoms with Crippen LogP contribution in [0.5, 0.6) is 5.75 Å². The number of rotatable bonds is 7. The summed E-state index contributed by atoms with van der Waals surface area (Å²) >= 11 is 0. The van der Waals surface area contributed by atoms with E-state index in [-0.39, 0.29) is 23.8 Å². The topological polar surface area (TPSA) is 67.4 Å². The normalized spacial score (nSPS) is 11.2. The number of alkyl halides is 3. The Balaban J connectivity index is 1.63. The lowest BCUT2D eigenvalue weighted by molar-refractivity contribution is -0.137. The Hall–Kier alpha value is -3.81. The number of hydrogen-bond acceptors (Lipinski definition) is 3. The van der Waals surface area contributed by atoms with Crippen LogP contribution in [0.15, 0.2) is 72.8 Å². The van der Waals surface area contributed by atoms with Gasteiger partial charge in [0.25, 0.3) is 11.8 Å². The minimum absolute atomic E-state index is 0.0153. The summed E-state index contributed by atoms with van der Waals surface area (Å²) in [6.07, 6.45) is -4.51. The molecule has 3 aromatic carbocycles. The highest BCUT2D eigenvalue weighted by molar-refractivity contribution is 6.05. The predicted molar refractivity (Wildman–Crippen MR) is 120 cm³/mol. The Morgan fingerprint density at radius 2 is 1.55 bits per heavy atom. The maximum atomic E-state index is 12.9. The molecule has 0 aliphatic carbocycles. The average Bonchev–Trinajstić information content (AvgIpc) is 2.77. The van der Waals surface area contributed by atoms with Crippen molar-refractivity contribution in [2.24, 2.45) is 0 Å². The molecule has 0 radical (unpaired) electrons. The number of nitrogens with one attached hydrogen (secondary N) is 2. The summed E-state index contributed by atoms with van der Waals surface area (Å²) in [6.45, 7) is 3.83. The summed E-state index contributed by atoms with van der Waals surface area (Å²) in [5, 5.41) is 5.09. The molecule has 3 aromatic rings. The van der Waals surface area contributed by atoms with Crippen LogP contribution in [0, 0.1) is 0 Å². The molecule has 0 atom stereocenters. The van der Waals surface area contributed by atoms with Crippen LogP contribution in [0.4, 0.5) is 24.5 Å². The van der Waals surface area contributed by atoms with Crippen LogP contribution in [0.25, 0.3) is 0 Å². The maximum absolute atomic E-state index is 12.9. The summed E-state index contributed by atoms with van der Waals surface area (Å²) < 4.78 is 44.3. The fraction of sp³-hybridized carbons (Fsp3) is 0.200. The predicted octanol–water partition coefficient (Wildman–Crippen LogP) is 6.10. The van der Waals surface area contributed by atoms with E-state index < -0.39 is 23.6 Å². The SMILES string of the molecule is CC(C)c1ccccc1OCC(=O)Nc1cccc(C(=O)Nc2cccc(C(F)(F)F)c2)c1. The van der Waals surface area contributed by atoms with Gasteiger partial charge in [-0.3, -0.25) is 9.59 Å². The molecule has 3 rings (SSSR count). The lowest BCUT2D eigenvalue weighted by Gasteiger charge is -2.14. The van der Waals surface area contributed by atoms with Crippen molar-refractivity contribution in [2.45, 2.75) is 25.9 Å². The standard InChI is InChI=1S/C25H23F3N2O3/c1-16(2)21-11-3-4-12-22(21)33-15-23(31)29-19-9-5-7-17(13-19)24(32)30-20-10-6-8-18(14-20)25(26,27)28/h3-14,16H,15H2,1-2H3,(H,29,31)(H,30,32). The van der Waals surface area contributed by atoms with Crippen molar-refractivity contribution in [1.82, 2.24) is 0 Å². The zero-order valence-corrected chi connectivity index (χ0v) is 18.1. The van der Waals surface area contributed by atoms with Gasteiger partial charge in [-0.2, -0.15) is 13.2 Å². The highest BCUT2D eigenvalue weighted by Crippen LogP contribution is 2.31. The maximum Gasteiger partial charge on any atom is 0.416 e. The van der Waals surface area contributed by atoms with Crippen LogP contribution in [0.1, 0.15) is 41.3 Å². The zero-order chi connectivity index (χ0) is 24.0. The van der Waals surface area contributed by atoms with Gasteiger partial charge >= 0.3 is 6.18 Å². The molecule has 0 saturated carbocycles. The van der Waals surface area contributed by atoms with E-state index in [1.165, 1.54) is 24.3 Å². The average molecular weight is 456 g/mol. The molecule has 0 heterocycles. The molecule has 8 heteroatoms. The number of carbonyl (C=O) groups is 2. The van der Waals surface area contributed by atoms with Gasteiger partial charge in [-0.15, -0.1) is 0 Å². The Labute approximate surface area is 189 Å². The molecule has 5 nitrogen and oxygen atoms in total. The van der Waals surface area contributed by atoms with Crippen LogP contribution < -0.4 is 15.4 Å². The molecule has 0 aromatic heterocycles. The molecule has 0 saturated heterocycles. The molecular formula is C25H23F3N2O3. The van der Waals surface area contributed by atoms with E-state index >= 15 is 0 Å². The molecule has 0 fully saturated rings. The van der Waals surface area contributed by atoms with E-state index in [9.17, 15) is 22.8 Å². The third-order valence-electron chi connectivity index (χ3n) is 4.76. The molecule has 2 N–H and O–H groups in total. The summed E-state index contributed by atoms with van der Waals surface area (Å²) in [5.41, 5.74) is 0.675. The third kappa shape index (κ3) is 6.58. The smallest absolute Gasteiger partial charge is 0.416 e. The molecule has 0 aliphatic heterocycles. The van der Waals surface area contributed by atoms with E-state index in [0.29, 0.717) is 11.4 Å². The molecule has 0 unspecified atom stereocenters. The monoisotopic (exact) mass is 456 g/mol. The first kappa shape index (κ1) is 23.8. The number of para-hydroxylation sites is 1. The molecule has 0 bridgehead atoms. The Morgan fingerprint density at radius 3 is 2.24 bits per heavy atom. The van der Waals surface area contributed by atoms with Crippen molar-refractivity contribution in [3.8, 4) is 5.75 Å². The number of anilines is 2. The zero-order valence-electron chi connectivity index (χ0n) is 18.1. The quantitative estimate of drug-likeness (QED) is 0.452. The van der Waals surface area contributed by atoms with Crippen LogP contribution in [0.2, 0.25) is 0 Å². The van der Waals surface area contributed by atoms with Gasteiger partial charge < -0.3 is 15.4 Å². The highest BCUT2D eigenvalue weighted by atomic mass is 19.4. The lowest BCUT2D eigenvalue weighted by Crippen LogP contribution is -2.21.